The van der Waals surface area contributed by atoms with Gasteiger partial charge in [-0.2, -0.15) is 0 Å². The standard InChI is InChI=1S/C12H18N2O2/c1-2-16-11-5-3-4-10(12(11)13)14-6-8-15-9-7-14/h3-5H,2,6-9,13H2,1H3. The van der Waals surface area contributed by atoms with Gasteiger partial charge in [-0.3, -0.25) is 0 Å². The van der Waals surface area contributed by atoms with E-state index in [-0.39, 0.29) is 0 Å². The van der Waals surface area contributed by atoms with Gasteiger partial charge in [0.05, 0.1) is 31.2 Å². The van der Waals surface area contributed by atoms with Crippen LogP contribution < -0.4 is 15.4 Å². The number of ether oxygens (including phenoxy) is 2. The number of nitrogens with two attached hydrogens (primary N) is 1. The van der Waals surface area contributed by atoms with Gasteiger partial charge in [0.2, 0.25) is 0 Å². The molecule has 1 fully saturated rings. The van der Waals surface area contributed by atoms with Crippen molar-refractivity contribution in [2.75, 3.05) is 43.5 Å². The molecule has 1 heterocycles. The zero-order valence-corrected chi connectivity index (χ0v) is 9.61. The maximum Gasteiger partial charge on any atom is 0.144 e. The molecular formula is C12H18N2O2. The zero-order valence-electron chi connectivity index (χ0n) is 9.61. The SMILES string of the molecule is CCOc1cccc(N2CCOCC2)c1N. The molecule has 2 rings (SSSR count). The molecule has 2 N–H and O–H groups in total. The molecule has 0 aromatic heterocycles. The van der Waals surface area contributed by atoms with Gasteiger partial charge < -0.3 is 20.1 Å². The number of para-hydroxylation sites is 1. The first-order chi connectivity index (χ1) is 7.83. The van der Waals surface area contributed by atoms with Crippen molar-refractivity contribution >= 4 is 11.4 Å². The fraction of sp³-hybridized carbons (Fsp3) is 0.500. The Morgan fingerprint density at radius 2 is 2.12 bits per heavy atom. The number of nitrogen functional groups attached to an aromatic ring is 1. The predicted molar refractivity (Wildman–Crippen MR) is 65.1 cm³/mol. The molecule has 1 aromatic carbocycles. The Morgan fingerprint density at radius 3 is 2.81 bits per heavy atom. The topological polar surface area (TPSA) is 47.7 Å². The highest BCUT2D eigenvalue weighted by Crippen LogP contribution is 2.32. The van der Waals surface area contributed by atoms with Crippen LogP contribution >= 0.6 is 0 Å². The minimum absolute atomic E-state index is 0.636. The Balaban J connectivity index is 2.22. The second kappa shape index (κ2) is 5.07. The Labute approximate surface area is 95.9 Å². The van der Waals surface area contributed by atoms with E-state index in [2.05, 4.69) is 4.90 Å². The summed E-state index contributed by atoms with van der Waals surface area (Å²) < 4.78 is 10.8. The number of hydrogen-bond acceptors (Lipinski definition) is 4. The summed E-state index contributed by atoms with van der Waals surface area (Å²) in [4.78, 5) is 2.24. The van der Waals surface area contributed by atoms with Gasteiger partial charge in [0.25, 0.3) is 0 Å². The number of nitrogens with zero attached hydrogens (tertiary/aromatic N) is 1. The van der Waals surface area contributed by atoms with E-state index < -0.39 is 0 Å². The molecule has 0 bridgehead atoms. The molecule has 0 unspecified atom stereocenters. The molecule has 0 amide bonds. The quantitative estimate of drug-likeness (QED) is 0.787. The van der Waals surface area contributed by atoms with Crippen molar-refractivity contribution in [1.29, 1.82) is 0 Å². The van der Waals surface area contributed by atoms with Crippen LogP contribution in [-0.4, -0.2) is 32.9 Å². The molecule has 0 atom stereocenters. The summed E-state index contributed by atoms with van der Waals surface area (Å²) in [7, 11) is 0. The molecule has 4 nitrogen and oxygen atoms in total. The van der Waals surface area contributed by atoms with Crippen LogP contribution in [0.15, 0.2) is 18.2 Å². The lowest BCUT2D eigenvalue weighted by molar-refractivity contribution is 0.122. The van der Waals surface area contributed by atoms with Crippen molar-refractivity contribution in [2.45, 2.75) is 6.92 Å². The van der Waals surface area contributed by atoms with Crippen LogP contribution in [0, 0.1) is 0 Å². The molecule has 0 saturated carbocycles. The van der Waals surface area contributed by atoms with Gasteiger partial charge in [0.15, 0.2) is 0 Å². The molecule has 0 aliphatic carbocycles. The monoisotopic (exact) mass is 222 g/mol. The minimum atomic E-state index is 0.636. The third kappa shape index (κ3) is 2.22. The second-order valence-electron chi connectivity index (χ2n) is 3.72. The van der Waals surface area contributed by atoms with E-state index >= 15 is 0 Å². The average molecular weight is 222 g/mol. The Hall–Kier alpha value is -1.42. The number of hydrogen-bond donors (Lipinski definition) is 1. The summed E-state index contributed by atoms with van der Waals surface area (Å²) in [6.45, 7) is 5.90. The molecule has 0 radical (unpaired) electrons. The van der Waals surface area contributed by atoms with E-state index in [4.69, 9.17) is 15.2 Å². The summed E-state index contributed by atoms with van der Waals surface area (Å²) in [5.41, 5.74) is 7.87. The highest BCUT2D eigenvalue weighted by molar-refractivity contribution is 5.74. The van der Waals surface area contributed by atoms with E-state index in [0.717, 1.165) is 43.4 Å². The van der Waals surface area contributed by atoms with Crippen LogP contribution in [0.2, 0.25) is 0 Å². The molecule has 88 valence electrons. The molecule has 0 spiro atoms. The zero-order chi connectivity index (χ0) is 11.4. The van der Waals surface area contributed by atoms with Gasteiger partial charge in [0, 0.05) is 13.1 Å². The third-order valence-electron chi connectivity index (χ3n) is 2.69. The van der Waals surface area contributed by atoms with Crippen LogP contribution in [0.4, 0.5) is 11.4 Å². The molecule has 1 aliphatic heterocycles. The lowest BCUT2D eigenvalue weighted by Crippen LogP contribution is -2.36. The van der Waals surface area contributed by atoms with Crippen molar-refractivity contribution in [3.63, 3.8) is 0 Å². The van der Waals surface area contributed by atoms with Gasteiger partial charge in [-0.1, -0.05) is 6.07 Å². The van der Waals surface area contributed by atoms with Crippen LogP contribution in [-0.2, 0) is 4.74 Å². The maximum absolute atomic E-state index is 6.09. The number of anilines is 2. The Morgan fingerprint density at radius 1 is 1.38 bits per heavy atom. The van der Waals surface area contributed by atoms with E-state index in [1.165, 1.54) is 0 Å². The predicted octanol–water partition coefficient (Wildman–Crippen LogP) is 1.50. The van der Waals surface area contributed by atoms with Crippen molar-refractivity contribution < 1.29 is 9.47 Å². The molecule has 1 aromatic rings. The maximum atomic E-state index is 6.09. The van der Waals surface area contributed by atoms with Crippen LogP contribution in [0.5, 0.6) is 5.75 Å². The third-order valence-corrected chi connectivity index (χ3v) is 2.69. The highest BCUT2D eigenvalue weighted by atomic mass is 16.5. The lowest BCUT2D eigenvalue weighted by Gasteiger charge is -2.30. The minimum Gasteiger partial charge on any atom is -0.492 e. The van der Waals surface area contributed by atoms with Crippen molar-refractivity contribution in [3.05, 3.63) is 18.2 Å². The number of morpholine rings is 1. The van der Waals surface area contributed by atoms with Gasteiger partial charge in [0.1, 0.15) is 5.75 Å². The normalized spacial score (nSPS) is 16.2. The number of rotatable bonds is 3. The molecule has 16 heavy (non-hydrogen) atoms. The van der Waals surface area contributed by atoms with Gasteiger partial charge in [-0.25, -0.2) is 0 Å². The molecular weight excluding hydrogens is 204 g/mol. The van der Waals surface area contributed by atoms with Crippen molar-refractivity contribution in [1.82, 2.24) is 0 Å². The van der Waals surface area contributed by atoms with Crippen molar-refractivity contribution in [2.24, 2.45) is 0 Å². The van der Waals surface area contributed by atoms with Gasteiger partial charge in [-0.05, 0) is 19.1 Å². The fourth-order valence-corrected chi connectivity index (χ4v) is 1.89. The first kappa shape index (κ1) is 11.1. The van der Waals surface area contributed by atoms with Crippen LogP contribution in [0.3, 0.4) is 0 Å². The highest BCUT2D eigenvalue weighted by Gasteiger charge is 2.15. The first-order valence-electron chi connectivity index (χ1n) is 5.67. The van der Waals surface area contributed by atoms with E-state index in [1.54, 1.807) is 0 Å². The molecule has 1 aliphatic rings. The number of benzene rings is 1. The summed E-state index contributed by atoms with van der Waals surface area (Å²) in [6, 6.07) is 5.91. The Bertz CT molecular complexity index is 349. The van der Waals surface area contributed by atoms with Crippen molar-refractivity contribution in [3.8, 4) is 5.75 Å². The van der Waals surface area contributed by atoms with Crippen LogP contribution in [0.1, 0.15) is 6.92 Å². The lowest BCUT2D eigenvalue weighted by atomic mass is 10.2. The summed E-state index contributed by atoms with van der Waals surface area (Å²) in [6.07, 6.45) is 0. The Kier molecular flexibility index (Phi) is 3.51. The largest absolute Gasteiger partial charge is 0.492 e. The van der Waals surface area contributed by atoms with E-state index in [9.17, 15) is 0 Å². The summed E-state index contributed by atoms with van der Waals surface area (Å²) in [5.74, 6) is 0.770. The fourth-order valence-electron chi connectivity index (χ4n) is 1.89. The summed E-state index contributed by atoms with van der Waals surface area (Å²) >= 11 is 0. The smallest absolute Gasteiger partial charge is 0.144 e. The van der Waals surface area contributed by atoms with Crippen LogP contribution in [0.25, 0.3) is 0 Å². The average Bonchev–Trinajstić information content (AvgIpc) is 2.33. The second-order valence-corrected chi connectivity index (χ2v) is 3.72. The van der Waals surface area contributed by atoms with Gasteiger partial charge in [-0.15, -0.1) is 0 Å². The van der Waals surface area contributed by atoms with E-state index in [0.29, 0.717) is 6.61 Å². The first-order valence-corrected chi connectivity index (χ1v) is 5.67. The van der Waals surface area contributed by atoms with E-state index in [1.807, 2.05) is 25.1 Å². The molecule has 4 heteroatoms. The van der Waals surface area contributed by atoms with Gasteiger partial charge >= 0.3 is 0 Å². The summed E-state index contributed by atoms with van der Waals surface area (Å²) in [5, 5.41) is 0. The molecule has 1 saturated heterocycles.